The first kappa shape index (κ1) is 21.8. The number of hydrogen-bond donors (Lipinski definition) is 0. The summed E-state index contributed by atoms with van der Waals surface area (Å²) in [6.07, 6.45) is 4.67. The zero-order valence-corrected chi connectivity index (χ0v) is 18.7. The highest BCUT2D eigenvalue weighted by Gasteiger charge is 2.32. The summed E-state index contributed by atoms with van der Waals surface area (Å²) in [7, 11) is 0. The number of aromatic nitrogens is 1. The average molecular weight is 469 g/mol. The van der Waals surface area contributed by atoms with E-state index in [2.05, 4.69) is 9.98 Å². The van der Waals surface area contributed by atoms with Crippen LogP contribution in [-0.4, -0.2) is 32.4 Å². The summed E-state index contributed by atoms with van der Waals surface area (Å²) < 4.78 is 5.82. The molecule has 0 atom stereocenters. The Hall–Kier alpha value is -3.43. The number of amides is 1. The van der Waals surface area contributed by atoms with Gasteiger partial charge in [0.05, 0.1) is 26.1 Å². The van der Waals surface area contributed by atoms with E-state index in [1.54, 1.807) is 54.4 Å². The first-order valence-corrected chi connectivity index (χ1v) is 10.8. The Kier molecular flexibility index (Phi) is 6.11. The molecule has 1 fully saturated rings. The molecule has 0 unspecified atom stereocenters. The third kappa shape index (κ3) is 4.30. The summed E-state index contributed by atoms with van der Waals surface area (Å²) >= 11 is 7.35. The summed E-state index contributed by atoms with van der Waals surface area (Å²) in [5.74, 6) is 0.550. The first-order valence-electron chi connectivity index (χ1n) is 9.62. The van der Waals surface area contributed by atoms with Gasteiger partial charge in [0.15, 0.2) is 5.17 Å². The lowest BCUT2D eigenvalue weighted by Gasteiger charge is -2.12. The molecule has 0 N–H and O–H groups in total. The maximum absolute atomic E-state index is 12.9. The molecule has 1 aromatic carbocycles. The number of benzene rings is 1. The molecule has 162 valence electrons. The Bertz CT molecular complexity index is 1280. The number of amidine groups is 1. The van der Waals surface area contributed by atoms with E-state index in [0.29, 0.717) is 44.4 Å². The van der Waals surface area contributed by atoms with Gasteiger partial charge in [-0.3, -0.25) is 24.8 Å². The highest BCUT2D eigenvalue weighted by Crippen LogP contribution is 2.37. The van der Waals surface area contributed by atoms with Crippen molar-refractivity contribution in [2.24, 2.45) is 4.99 Å². The monoisotopic (exact) mass is 468 g/mol. The topological polar surface area (TPSA) is 102 Å². The molecule has 1 saturated heterocycles. The van der Waals surface area contributed by atoms with Crippen molar-refractivity contribution in [1.82, 2.24) is 9.88 Å². The molecule has 8 nitrogen and oxygen atoms in total. The van der Waals surface area contributed by atoms with Crippen molar-refractivity contribution in [2.45, 2.75) is 13.8 Å². The fraction of sp³-hybridized carbons (Fsp3) is 0.136. The number of hydrogen-bond acceptors (Lipinski definition) is 7. The maximum Gasteiger partial charge on any atom is 0.280 e. The Morgan fingerprint density at radius 1 is 1.31 bits per heavy atom. The van der Waals surface area contributed by atoms with Crippen LogP contribution < -0.4 is 0 Å². The zero-order chi connectivity index (χ0) is 22.8. The van der Waals surface area contributed by atoms with E-state index in [-0.39, 0.29) is 11.6 Å². The van der Waals surface area contributed by atoms with Crippen LogP contribution in [0.2, 0.25) is 5.02 Å². The van der Waals surface area contributed by atoms with Crippen molar-refractivity contribution < 1.29 is 14.1 Å². The fourth-order valence-corrected chi connectivity index (χ4v) is 4.33. The van der Waals surface area contributed by atoms with Gasteiger partial charge >= 0.3 is 0 Å². The van der Waals surface area contributed by atoms with E-state index < -0.39 is 4.92 Å². The van der Waals surface area contributed by atoms with Crippen LogP contribution in [0.1, 0.15) is 18.2 Å². The normalized spacial score (nSPS) is 16.3. The SMILES string of the molecule is CCN1C(=O)/C(=C\c2ccc(-c3ccc(C)cc3[N+](=O)[O-])o2)SC1=Nc1ccncc1Cl. The van der Waals surface area contributed by atoms with Crippen LogP contribution in [-0.2, 0) is 4.79 Å². The standard InChI is InChI=1S/C22H17ClN4O4S/c1-3-26-21(28)20(32-22(26)25-17-8-9-24-12-16(17)23)11-14-5-7-19(31-14)15-6-4-13(2)10-18(15)27(29)30/h4-12H,3H2,1-2H3/b20-11+,25-22?. The van der Waals surface area contributed by atoms with Gasteiger partial charge < -0.3 is 4.42 Å². The van der Waals surface area contributed by atoms with Crippen LogP contribution in [0.5, 0.6) is 0 Å². The number of carbonyl (C=O) groups excluding carboxylic acids is 1. The number of thioether (sulfide) groups is 1. The third-order valence-electron chi connectivity index (χ3n) is 4.69. The number of likely N-dealkylation sites (N-methyl/N-ethyl adjacent to an activating group) is 1. The Morgan fingerprint density at radius 3 is 2.84 bits per heavy atom. The van der Waals surface area contributed by atoms with Crippen molar-refractivity contribution in [2.75, 3.05) is 6.54 Å². The molecule has 0 spiro atoms. The van der Waals surface area contributed by atoms with Gasteiger partial charge in [-0.1, -0.05) is 17.7 Å². The largest absolute Gasteiger partial charge is 0.456 e. The van der Waals surface area contributed by atoms with Gasteiger partial charge in [0.1, 0.15) is 11.5 Å². The van der Waals surface area contributed by atoms with Crippen molar-refractivity contribution in [1.29, 1.82) is 0 Å². The van der Waals surface area contributed by atoms with E-state index in [9.17, 15) is 14.9 Å². The highest BCUT2D eigenvalue weighted by atomic mass is 35.5. The van der Waals surface area contributed by atoms with Gasteiger partial charge in [-0.15, -0.1) is 0 Å². The van der Waals surface area contributed by atoms with Crippen LogP contribution in [0.4, 0.5) is 11.4 Å². The average Bonchev–Trinajstić information content (AvgIpc) is 3.34. The number of carbonyl (C=O) groups is 1. The van der Waals surface area contributed by atoms with Crippen molar-refractivity contribution >= 4 is 51.9 Å². The lowest BCUT2D eigenvalue weighted by Crippen LogP contribution is -2.28. The summed E-state index contributed by atoms with van der Waals surface area (Å²) in [6, 6.07) is 9.93. The van der Waals surface area contributed by atoms with Gasteiger partial charge in [0, 0.05) is 31.1 Å². The second-order valence-corrected chi connectivity index (χ2v) is 8.28. The molecule has 10 heteroatoms. The van der Waals surface area contributed by atoms with Crippen molar-refractivity contribution in [3.8, 4) is 11.3 Å². The summed E-state index contributed by atoms with van der Waals surface area (Å²) in [5.41, 5.74) is 1.64. The first-order chi connectivity index (χ1) is 15.4. The van der Waals surface area contributed by atoms with E-state index in [1.165, 1.54) is 24.0 Å². The van der Waals surface area contributed by atoms with Crippen LogP contribution in [0.3, 0.4) is 0 Å². The number of halogens is 1. The maximum atomic E-state index is 12.9. The van der Waals surface area contributed by atoms with Gasteiger partial charge in [-0.25, -0.2) is 4.99 Å². The van der Waals surface area contributed by atoms with E-state index in [4.69, 9.17) is 16.0 Å². The lowest BCUT2D eigenvalue weighted by atomic mass is 10.1. The molecule has 1 aliphatic rings. The Morgan fingerprint density at radius 2 is 2.12 bits per heavy atom. The predicted octanol–water partition coefficient (Wildman–Crippen LogP) is 5.84. The van der Waals surface area contributed by atoms with Crippen LogP contribution in [0.15, 0.2) is 63.1 Å². The van der Waals surface area contributed by atoms with E-state index in [1.807, 2.05) is 6.92 Å². The fourth-order valence-electron chi connectivity index (χ4n) is 3.14. The van der Waals surface area contributed by atoms with Gasteiger partial charge in [0.2, 0.25) is 0 Å². The van der Waals surface area contributed by atoms with Gasteiger partial charge in [-0.05, 0) is 55.4 Å². The molecule has 0 bridgehead atoms. The summed E-state index contributed by atoms with van der Waals surface area (Å²) in [6.45, 7) is 4.08. The quantitative estimate of drug-likeness (QED) is 0.265. The minimum Gasteiger partial charge on any atom is -0.456 e. The van der Waals surface area contributed by atoms with Gasteiger partial charge in [-0.2, -0.15) is 0 Å². The molecule has 32 heavy (non-hydrogen) atoms. The molecule has 0 radical (unpaired) electrons. The second-order valence-electron chi connectivity index (χ2n) is 6.86. The molecular formula is C22H17ClN4O4S. The number of aliphatic imine (C=N–C) groups is 1. The number of rotatable bonds is 5. The zero-order valence-electron chi connectivity index (χ0n) is 17.1. The molecule has 4 rings (SSSR count). The highest BCUT2D eigenvalue weighted by molar-refractivity contribution is 8.18. The van der Waals surface area contributed by atoms with Gasteiger partial charge in [0.25, 0.3) is 11.6 Å². The number of pyridine rings is 1. The number of aryl methyl sites for hydroxylation is 1. The number of furan rings is 1. The van der Waals surface area contributed by atoms with Crippen LogP contribution >= 0.6 is 23.4 Å². The minimum atomic E-state index is -0.439. The molecule has 0 saturated carbocycles. The summed E-state index contributed by atoms with van der Waals surface area (Å²) in [5, 5.41) is 12.3. The molecular weight excluding hydrogens is 452 g/mol. The molecule has 2 aromatic heterocycles. The summed E-state index contributed by atoms with van der Waals surface area (Å²) in [4.78, 5) is 34.3. The molecule has 3 aromatic rings. The van der Waals surface area contributed by atoms with Crippen molar-refractivity contribution in [3.05, 3.63) is 80.2 Å². The Labute approximate surface area is 192 Å². The number of nitro groups is 1. The van der Waals surface area contributed by atoms with Crippen molar-refractivity contribution in [3.63, 3.8) is 0 Å². The Balaban J connectivity index is 1.66. The molecule has 0 aliphatic carbocycles. The second kappa shape index (κ2) is 8.97. The van der Waals surface area contributed by atoms with E-state index >= 15 is 0 Å². The lowest BCUT2D eigenvalue weighted by molar-refractivity contribution is -0.384. The third-order valence-corrected chi connectivity index (χ3v) is 5.98. The predicted molar refractivity (Wildman–Crippen MR) is 125 cm³/mol. The molecule has 3 heterocycles. The smallest absolute Gasteiger partial charge is 0.280 e. The molecule has 1 amide bonds. The van der Waals surface area contributed by atoms with E-state index in [0.717, 1.165) is 5.56 Å². The molecule has 1 aliphatic heterocycles. The van der Waals surface area contributed by atoms with Crippen LogP contribution in [0.25, 0.3) is 17.4 Å². The number of nitro benzene ring substituents is 1. The minimum absolute atomic E-state index is 0.0364. The number of nitrogens with zero attached hydrogens (tertiary/aromatic N) is 4. The van der Waals surface area contributed by atoms with Crippen LogP contribution in [0, 0.1) is 17.0 Å².